The number of hydrogen-bond acceptors (Lipinski definition) is 3. The Labute approximate surface area is 139 Å². The van der Waals surface area contributed by atoms with Gasteiger partial charge in [-0.05, 0) is 37.3 Å². The van der Waals surface area contributed by atoms with Gasteiger partial charge < -0.3 is 15.7 Å². The second-order valence-electron chi connectivity index (χ2n) is 6.42. The van der Waals surface area contributed by atoms with Crippen molar-refractivity contribution in [1.29, 1.82) is 0 Å². The van der Waals surface area contributed by atoms with Crippen LogP contribution in [0.4, 0.5) is 5.69 Å². The fourth-order valence-corrected chi connectivity index (χ4v) is 3.66. The maximum absolute atomic E-state index is 12.5. The predicted octanol–water partition coefficient (Wildman–Crippen LogP) is 1.65. The second-order valence-corrected chi connectivity index (χ2v) is 6.42. The van der Waals surface area contributed by atoms with Crippen molar-refractivity contribution in [2.75, 3.05) is 5.32 Å². The highest BCUT2D eigenvalue weighted by atomic mass is 16.4. The fraction of sp³-hybridized carbons (Fsp3) is 0.389. The van der Waals surface area contributed by atoms with E-state index in [1.54, 1.807) is 31.2 Å². The number of carboxylic acid groups (broad SMARTS) is 1. The molecule has 1 aromatic carbocycles. The van der Waals surface area contributed by atoms with E-state index in [9.17, 15) is 19.5 Å². The number of amides is 2. The third-order valence-corrected chi connectivity index (χ3v) is 4.84. The van der Waals surface area contributed by atoms with Crippen LogP contribution < -0.4 is 10.6 Å². The van der Waals surface area contributed by atoms with Crippen LogP contribution >= 0.6 is 0 Å². The molecule has 5 atom stereocenters. The molecule has 3 rings (SSSR count). The van der Waals surface area contributed by atoms with Gasteiger partial charge in [-0.3, -0.25) is 14.4 Å². The number of benzene rings is 1. The molecule has 6 heteroatoms. The molecule has 5 unspecified atom stereocenters. The van der Waals surface area contributed by atoms with E-state index in [1.165, 1.54) is 0 Å². The lowest BCUT2D eigenvalue weighted by Crippen LogP contribution is -2.47. The number of nitrogens with one attached hydrogen (secondary N) is 2. The van der Waals surface area contributed by atoms with Gasteiger partial charge in [0.25, 0.3) is 0 Å². The Balaban J connectivity index is 1.63. The molecule has 0 spiro atoms. The molecule has 0 heterocycles. The molecule has 2 aliphatic rings. The number of hydrogen-bond donors (Lipinski definition) is 3. The topological polar surface area (TPSA) is 95.5 Å². The molecule has 0 aliphatic heterocycles. The van der Waals surface area contributed by atoms with Gasteiger partial charge in [0.15, 0.2) is 0 Å². The Morgan fingerprint density at radius 3 is 2.33 bits per heavy atom. The molecule has 2 aliphatic carbocycles. The summed E-state index contributed by atoms with van der Waals surface area (Å²) in [6.07, 6.45) is 4.50. The highest BCUT2D eigenvalue weighted by Gasteiger charge is 2.51. The van der Waals surface area contributed by atoms with Crippen molar-refractivity contribution in [3.8, 4) is 0 Å². The van der Waals surface area contributed by atoms with E-state index >= 15 is 0 Å². The van der Waals surface area contributed by atoms with Crippen LogP contribution in [0.25, 0.3) is 0 Å². The molecule has 1 aromatic rings. The van der Waals surface area contributed by atoms with Gasteiger partial charge in [0.1, 0.15) is 6.04 Å². The smallest absolute Gasteiger partial charge is 0.307 e. The maximum atomic E-state index is 12.5. The molecule has 1 saturated carbocycles. The molecule has 0 aromatic heterocycles. The van der Waals surface area contributed by atoms with Crippen LogP contribution in [-0.2, 0) is 14.4 Å². The average Bonchev–Trinajstić information content (AvgIpc) is 3.16. The van der Waals surface area contributed by atoms with Crippen molar-refractivity contribution in [1.82, 2.24) is 5.32 Å². The van der Waals surface area contributed by atoms with E-state index in [1.807, 2.05) is 18.2 Å². The summed E-state index contributed by atoms with van der Waals surface area (Å²) in [5.41, 5.74) is 0.648. The van der Waals surface area contributed by atoms with Crippen molar-refractivity contribution in [3.63, 3.8) is 0 Å². The molecule has 2 amide bonds. The monoisotopic (exact) mass is 328 g/mol. The first-order valence-electron chi connectivity index (χ1n) is 8.05. The molecule has 126 valence electrons. The number of carboxylic acids is 1. The van der Waals surface area contributed by atoms with Gasteiger partial charge >= 0.3 is 5.97 Å². The second kappa shape index (κ2) is 6.47. The lowest BCUT2D eigenvalue weighted by Gasteiger charge is -2.25. The summed E-state index contributed by atoms with van der Waals surface area (Å²) < 4.78 is 0. The summed E-state index contributed by atoms with van der Waals surface area (Å²) in [6, 6.07) is 8.22. The third-order valence-electron chi connectivity index (χ3n) is 4.84. The first kappa shape index (κ1) is 16.2. The number of aliphatic carboxylic acids is 1. The van der Waals surface area contributed by atoms with Crippen molar-refractivity contribution >= 4 is 23.5 Å². The number of rotatable bonds is 5. The molecule has 2 bridgehead atoms. The number of allylic oxidation sites excluding steroid dienone is 2. The molecule has 1 fully saturated rings. The molecule has 0 radical (unpaired) electrons. The highest BCUT2D eigenvalue weighted by Crippen LogP contribution is 2.48. The van der Waals surface area contributed by atoms with E-state index in [0.717, 1.165) is 0 Å². The standard InChI is InChI=1S/C18H20N2O4/c1-10(16(21)20-13-5-3-2-4-6-13)19-17(22)14-11-7-8-12(9-11)15(14)18(23)24/h2-8,10-12,14-15H,9H2,1H3,(H,19,22)(H,20,21)(H,23,24). The van der Waals surface area contributed by atoms with Crippen LogP contribution in [0.5, 0.6) is 0 Å². The van der Waals surface area contributed by atoms with Crippen molar-refractivity contribution in [2.24, 2.45) is 23.7 Å². The van der Waals surface area contributed by atoms with Crippen LogP contribution in [0, 0.1) is 23.7 Å². The van der Waals surface area contributed by atoms with E-state index in [4.69, 9.17) is 0 Å². The Morgan fingerprint density at radius 1 is 1.08 bits per heavy atom. The maximum Gasteiger partial charge on any atom is 0.307 e. The minimum atomic E-state index is -0.951. The molecule has 6 nitrogen and oxygen atoms in total. The minimum absolute atomic E-state index is 0.0551. The molecule has 3 N–H and O–H groups in total. The van der Waals surface area contributed by atoms with E-state index in [0.29, 0.717) is 12.1 Å². The van der Waals surface area contributed by atoms with Crippen LogP contribution in [0.3, 0.4) is 0 Å². The number of carbonyl (C=O) groups excluding carboxylic acids is 2. The quantitative estimate of drug-likeness (QED) is 0.716. The summed E-state index contributed by atoms with van der Waals surface area (Å²) >= 11 is 0. The molecular weight excluding hydrogens is 308 g/mol. The number of carbonyl (C=O) groups is 3. The first-order chi connectivity index (χ1) is 11.5. The van der Waals surface area contributed by atoms with Crippen LogP contribution in [0.1, 0.15) is 13.3 Å². The Morgan fingerprint density at radius 2 is 1.71 bits per heavy atom. The zero-order valence-corrected chi connectivity index (χ0v) is 13.3. The summed E-state index contributed by atoms with van der Waals surface area (Å²) in [7, 11) is 0. The highest BCUT2D eigenvalue weighted by molar-refractivity contribution is 5.97. The zero-order chi connectivity index (χ0) is 17.3. The predicted molar refractivity (Wildman–Crippen MR) is 88.0 cm³/mol. The minimum Gasteiger partial charge on any atom is -0.481 e. The fourth-order valence-electron chi connectivity index (χ4n) is 3.66. The van der Waals surface area contributed by atoms with Gasteiger partial charge in [0.2, 0.25) is 11.8 Å². The number of anilines is 1. The largest absolute Gasteiger partial charge is 0.481 e. The van der Waals surface area contributed by atoms with Gasteiger partial charge in [-0.25, -0.2) is 0 Å². The van der Waals surface area contributed by atoms with Crippen LogP contribution in [0.2, 0.25) is 0 Å². The van der Waals surface area contributed by atoms with Crippen LogP contribution in [0.15, 0.2) is 42.5 Å². The van der Waals surface area contributed by atoms with Crippen LogP contribution in [-0.4, -0.2) is 28.9 Å². The third kappa shape index (κ3) is 3.04. The Hall–Kier alpha value is -2.63. The molecule has 0 saturated heterocycles. The molecular formula is C18H20N2O4. The zero-order valence-electron chi connectivity index (χ0n) is 13.3. The van der Waals surface area contributed by atoms with E-state index in [2.05, 4.69) is 10.6 Å². The van der Waals surface area contributed by atoms with Gasteiger partial charge in [0.05, 0.1) is 11.8 Å². The van der Waals surface area contributed by atoms with E-state index < -0.39 is 23.8 Å². The van der Waals surface area contributed by atoms with Crippen molar-refractivity contribution < 1.29 is 19.5 Å². The molecule has 24 heavy (non-hydrogen) atoms. The Bertz CT molecular complexity index is 686. The lowest BCUT2D eigenvalue weighted by atomic mass is 9.82. The summed E-state index contributed by atoms with van der Waals surface area (Å²) in [6.45, 7) is 1.59. The average molecular weight is 328 g/mol. The van der Waals surface area contributed by atoms with Gasteiger partial charge in [-0.2, -0.15) is 0 Å². The summed E-state index contributed by atoms with van der Waals surface area (Å²) in [5, 5.41) is 14.8. The summed E-state index contributed by atoms with van der Waals surface area (Å²) in [4.78, 5) is 36.2. The van der Waals surface area contributed by atoms with Crippen molar-refractivity contribution in [2.45, 2.75) is 19.4 Å². The van der Waals surface area contributed by atoms with Gasteiger partial charge in [0, 0.05) is 5.69 Å². The normalized spacial score (nSPS) is 28.4. The van der Waals surface area contributed by atoms with Gasteiger partial charge in [-0.1, -0.05) is 30.4 Å². The Kier molecular flexibility index (Phi) is 4.38. The number of fused-ring (bicyclic) bond motifs is 2. The van der Waals surface area contributed by atoms with Gasteiger partial charge in [-0.15, -0.1) is 0 Å². The lowest BCUT2D eigenvalue weighted by molar-refractivity contribution is -0.148. The first-order valence-corrected chi connectivity index (χ1v) is 8.05. The number of para-hydroxylation sites is 1. The summed E-state index contributed by atoms with van der Waals surface area (Å²) in [5.74, 6) is -3.10. The van der Waals surface area contributed by atoms with Crippen molar-refractivity contribution in [3.05, 3.63) is 42.5 Å². The van der Waals surface area contributed by atoms with E-state index in [-0.39, 0.29) is 23.7 Å². The SMILES string of the molecule is CC(NC(=O)C1C2C=CC(C2)C1C(=O)O)C(=O)Nc1ccccc1.